The molecule has 0 aliphatic heterocycles. The van der Waals surface area contributed by atoms with Gasteiger partial charge in [-0.25, -0.2) is 0 Å². The van der Waals surface area contributed by atoms with E-state index in [0.29, 0.717) is 0 Å². The fraction of sp³-hybridized carbons (Fsp3) is 1.00. The molecule has 0 aromatic carbocycles. The summed E-state index contributed by atoms with van der Waals surface area (Å²) in [5.41, 5.74) is 0. The molecule has 0 aromatic heterocycles. The Labute approximate surface area is 231 Å². The van der Waals surface area contributed by atoms with E-state index in [-0.39, 0.29) is 0 Å². The van der Waals surface area contributed by atoms with Gasteiger partial charge in [0.1, 0.15) is 0 Å². The molecule has 0 aliphatic carbocycles. The first-order valence-electron chi connectivity index (χ1n) is 17.6. The topological polar surface area (TPSA) is 3.24 Å². The second-order valence-electron chi connectivity index (χ2n) is 12.0. The molecule has 36 heavy (non-hydrogen) atoms. The van der Waals surface area contributed by atoms with Crippen LogP contribution in [0.25, 0.3) is 0 Å². The number of hydrogen-bond donors (Lipinski definition) is 0. The molecule has 1 nitrogen and oxygen atoms in total. The minimum absolute atomic E-state index is 1.36. The molecule has 0 aromatic rings. The monoisotopic (exact) mass is 508 g/mol. The summed E-state index contributed by atoms with van der Waals surface area (Å²) in [7, 11) is 0. The minimum Gasteiger partial charge on any atom is -0.303 e. The van der Waals surface area contributed by atoms with Crippen molar-refractivity contribution in [1.82, 2.24) is 4.90 Å². The molecule has 0 bridgehead atoms. The molecule has 0 saturated carbocycles. The highest BCUT2D eigenvalue weighted by Gasteiger charge is 2.05. The van der Waals surface area contributed by atoms with Crippen LogP contribution in [-0.2, 0) is 0 Å². The predicted molar refractivity (Wildman–Crippen MR) is 167 cm³/mol. The summed E-state index contributed by atoms with van der Waals surface area (Å²) in [4.78, 5) is 2.84. The van der Waals surface area contributed by atoms with Gasteiger partial charge in [0.25, 0.3) is 0 Å². The first-order valence-corrected chi connectivity index (χ1v) is 17.6. The highest BCUT2D eigenvalue weighted by atomic mass is 15.1. The molecule has 218 valence electrons. The summed E-state index contributed by atoms with van der Waals surface area (Å²) < 4.78 is 0. The van der Waals surface area contributed by atoms with Crippen molar-refractivity contribution in [3.63, 3.8) is 0 Å². The van der Waals surface area contributed by atoms with Crippen molar-refractivity contribution in [2.24, 2.45) is 0 Å². The van der Waals surface area contributed by atoms with Gasteiger partial charge in [-0.05, 0) is 38.9 Å². The number of unbranched alkanes of at least 4 members (excludes halogenated alkanes) is 26. The molecule has 0 atom stereocenters. The summed E-state index contributed by atoms with van der Waals surface area (Å²) in [5, 5.41) is 0. The van der Waals surface area contributed by atoms with Crippen LogP contribution in [0.1, 0.15) is 207 Å². The highest BCUT2D eigenvalue weighted by molar-refractivity contribution is 4.61. The first-order chi connectivity index (χ1) is 17.8. The summed E-state index contributed by atoms with van der Waals surface area (Å²) in [6, 6.07) is 0. The smallest absolute Gasteiger partial charge is 0.00187 e. The summed E-state index contributed by atoms with van der Waals surface area (Å²) >= 11 is 0. The van der Waals surface area contributed by atoms with Crippen LogP contribution in [0.15, 0.2) is 0 Å². The predicted octanol–water partition coefficient (Wildman–Crippen LogP) is 12.7. The molecule has 0 spiro atoms. The normalized spacial score (nSPS) is 11.7. The standard InChI is InChI=1S/C35H73N/c1-4-7-10-13-16-18-20-22-25-28-31-34-36(33-30-27-24-15-12-9-6-3)35-32-29-26-23-21-19-17-14-11-8-5-2/h4-35H2,1-3H3. The Bertz CT molecular complexity index is 340. The summed E-state index contributed by atoms with van der Waals surface area (Å²) in [6.45, 7) is 11.0. The quantitative estimate of drug-likeness (QED) is 0.0818. The molecule has 1 heteroatoms. The van der Waals surface area contributed by atoms with Crippen molar-refractivity contribution in [2.45, 2.75) is 207 Å². The van der Waals surface area contributed by atoms with Crippen LogP contribution in [0.2, 0.25) is 0 Å². The van der Waals surface area contributed by atoms with E-state index in [9.17, 15) is 0 Å². The van der Waals surface area contributed by atoms with Crippen LogP contribution in [-0.4, -0.2) is 24.5 Å². The molecular weight excluding hydrogens is 434 g/mol. The molecule has 0 unspecified atom stereocenters. The van der Waals surface area contributed by atoms with Gasteiger partial charge >= 0.3 is 0 Å². The molecule has 0 heterocycles. The molecule has 0 rings (SSSR count). The van der Waals surface area contributed by atoms with Crippen LogP contribution in [0, 0.1) is 0 Å². The molecule has 0 radical (unpaired) electrons. The number of rotatable bonds is 32. The second-order valence-corrected chi connectivity index (χ2v) is 12.0. The van der Waals surface area contributed by atoms with Gasteiger partial charge in [0.2, 0.25) is 0 Å². The van der Waals surface area contributed by atoms with Gasteiger partial charge in [-0.15, -0.1) is 0 Å². The molecule has 0 saturated heterocycles. The minimum atomic E-state index is 1.36. The Hall–Kier alpha value is -0.0400. The van der Waals surface area contributed by atoms with Crippen molar-refractivity contribution < 1.29 is 0 Å². The second kappa shape index (κ2) is 33.0. The van der Waals surface area contributed by atoms with Crippen LogP contribution >= 0.6 is 0 Å². The lowest BCUT2D eigenvalue weighted by atomic mass is 10.1. The SMILES string of the molecule is CCCCCCCCCCCCCN(CCCCCCCCC)CCCCCCCCCCCCC. The van der Waals surface area contributed by atoms with Crippen molar-refractivity contribution in [3.8, 4) is 0 Å². The first kappa shape index (κ1) is 36.0. The van der Waals surface area contributed by atoms with Gasteiger partial charge in [-0.3, -0.25) is 0 Å². The Morgan fingerprint density at radius 1 is 0.222 bits per heavy atom. The molecule has 0 aliphatic rings. The molecule has 0 fully saturated rings. The van der Waals surface area contributed by atoms with Crippen molar-refractivity contribution >= 4 is 0 Å². The van der Waals surface area contributed by atoms with Crippen LogP contribution < -0.4 is 0 Å². The van der Waals surface area contributed by atoms with E-state index in [1.807, 2.05) is 0 Å². The van der Waals surface area contributed by atoms with Gasteiger partial charge < -0.3 is 4.90 Å². The zero-order chi connectivity index (χ0) is 26.2. The fourth-order valence-corrected chi connectivity index (χ4v) is 5.63. The van der Waals surface area contributed by atoms with Gasteiger partial charge in [-0.1, -0.05) is 188 Å². The highest BCUT2D eigenvalue weighted by Crippen LogP contribution is 2.14. The van der Waals surface area contributed by atoms with Crippen molar-refractivity contribution in [2.75, 3.05) is 19.6 Å². The third-order valence-corrected chi connectivity index (χ3v) is 8.23. The lowest BCUT2D eigenvalue weighted by molar-refractivity contribution is 0.254. The van der Waals surface area contributed by atoms with Gasteiger partial charge in [0.05, 0.1) is 0 Å². The van der Waals surface area contributed by atoms with Crippen molar-refractivity contribution in [3.05, 3.63) is 0 Å². The Morgan fingerprint density at radius 2 is 0.389 bits per heavy atom. The molecule has 0 N–H and O–H groups in total. The zero-order valence-corrected chi connectivity index (χ0v) is 26.1. The van der Waals surface area contributed by atoms with E-state index in [4.69, 9.17) is 0 Å². The lowest BCUT2D eigenvalue weighted by Gasteiger charge is -2.22. The third kappa shape index (κ3) is 30.2. The Morgan fingerprint density at radius 3 is 0.583 bits per heavy atom. The van der Waals surface area contributed by atoms with E-state index in [1.54, 1.807) is 0 Å². The van der Waals surface area contributed by atoms with Gasteiger partial charge in [-0.2, -0.15) is 0 Å². The number of nitrogens with zero attached hydrogens (tertiary/aromatic N) is 1. The van der Waals surface area contributed by atoms with E-state index in [2.05, 4.69) is 25.7 Å². The van der Waals surface area contributed by atoms with Crippen LogP contribution in [0.3, 0.4) is 0 Å². The maximum atomic E-state index is 2.84. The largest absolute Gasteiger partial charge is 0.303 e. The Kier molecular flexibility index (Phi) is 33.0. The summed E-state index contributed by atoms with van der Waals surface area (Å²) in [5.74, 6) is 0. The average molecular weight is 508 g/mol. The number of hydrogen-bond acceptors (Lipinski definition) is 1. The average Bonchev–Trinajstić information content (AvgIpc) is 2.89. The lowest BCUT2D eigenvalue weighted by Crippen LogP contribution is -2.27. The fourth-order valence-electron chi connectivity index (χ4n) is 5.63. The maximum Gasteiger partial charge on any atom is -0.00187 e. The summed E-state index contributed by atoms with van der Waals surface area (Å²) in [6.07, 6.45) is 42.1. The van der Waals surface area contributed by atoms with Crippen LogP contribution in [0.5, 0.6) is 0 Å². The van der Waals surface area contributed by atoms with Crippen molar-refractivity contribution in [1.29, 1.82) is 0 Å². The van der Waals surface area contributed by atoms with E-state index < -0.39 is 0 Å². The van der Waals surface area contributed by atoms with E-state index in [0.717, 1.165) is 0 Å². The van der Waals surface area contributed by atoms with E-state index in [1.165, 1.54) is 206 Å². The van der Waals surface area contributed by atoms with Gasteiger partial charge in [0, 0.05) is 0 Å². The van der Waals surface area contributed by atoms with Gasteiger partial charge in [0.15, 0.2) is 0 Å². The Balaban J connectivity index is 3.82. The molecule has 0 amide bonds. The zero-order valence-electron chi connectivity index (χ0n) is 26.1. The van der Waals surface area contributed by atoms with Crippen LogP contribution in [0.4, 0.5) is 0 Å². The maximum absolute atomic E-state index is 2.84. The molecular formula is C35H73N. The third-order valence-electron chi connectivity index (χ3n) is 8.23. The van der Waals surface area contributed by atoms with E-state index >= 15 is 0 Å².